The number of Topliss-reactive ketones (excluding diaryl/α,β-unsaturated/α-hetero) is 1. The molecule has 2 heterocycles. The summed E-state index contributed by atoms with van der Waals surface area (Å²) < 4.78 is 0. The van der Waals surface area contributed by atoms with Gasteiger partial charge in [0.1, 0.15) is 0 Å². The zero-order valence-corrected chi connectivity index (χ0v) is 20.9. The van der Waals surface area contributed by atoms with E-state index in [0.29, 0.717) is 18.7 Å². The van der Waals surface area contributed by atoms with Gasteiger partial charge in [-0.15, -0.1) is 0 Å². The summed E-state index contributed by atoms with van der Waals surface area (Å²) in [6.07, 6.45) is 8.69. The van der Waals surface area contributed by atoms with Gasteiger partial charge < -0.3 is 10.2 Å². The first kappa shape index (κ1) is 24.9. The predicted molar refractivity (Wildman–Crippen MR) is 134 cm³/mol. The molecule has 1 unspecified atom stereocenters. The molecular weight excluding hydrogens is 426 g/mol. The van der Waals surface area contributed by atoms with E-state index in [0.717, 1.165) is 63.7 Å². The molecule has 1 aromatic carbocycles. The lowest BCUT2D eigenvalue weighted by Crippen LogP contribution is -2.48. The molecule has 2 aliphatic heterocycles. The minimum Gasteiger partial charge on any atom is -0.342 e. The van der Waals surface area contributed by atoms with Crippen molar-refractivity contribution in [3.8, 4) is 0 Å². The maximum Gasteiger partial charge on any atom is 0.251 e. The van der Waals surface area contributed by atoms with Crippen LogP contribution in [0.5, 0.6) is 0 Å². The van der Waals surface area contributed by atoms with Gasteiger partial charge in [-0.25, -0.2) is 0 Å². The van der Waals surface area contributed by atoms with E-state index in [1.165, 1.54) is 12.8 Å². The Bertz CT molecular complexity index is 873. The minimum atomic E-state index is -0.402. The Balaban J connectivity index is 1.42. The van der Waals surface area contributed by atoms with Crippen molar-refractivity contribution < 1.29 is 14.4 Å². The van der Waals surface area contributed by atoms with E-state index in [1.54, 1.807) is 0 Å². The molecule has 2 saturated heterocycles. The average Bonchev–Trinajstić information content (AvgIpc) is 2.84. The van der Waals surface area contributed by atoms with Crippen molar-refractivity contribution in [2.24, 2.45) is 11.8 Å². The number of likely N-dealkylation sites (tertiary alicyclic amines) is 2. The molecular formula is C28H41N3O3. The molecule has 0 bridgehead atoms. The third-order valence-corrected chi connectivity index (χ3v) is 7.99. The standard InChI is InChI=1S/C28H41N3O3/c1-20(2)27(33)26(21-9-4-3-5-10-21)29-28(34)23-12-6-11-22(17-23)24-13-7-16-31(18-24)25(32)19-30-14-8-15-30/h6,11-12,17,20-21,24,26H,3-5,7-10,13-16,18-19H2,1-2H3,(H,29,34)/t24?,26-/m1/s1. The SMILES string of the molecule is CC(C)C(=O)[C@H](NC(=O)c1cccc(C2CCCN(C(=O)CN3CCC3)C2)c1)C1CCCCC1. The Morgan fingerprint density at radius 3 is 2.41 bits per heavy atom. The second kappa shape index (κ2) is 11.5. The lowest BCUT2D eigenvalue weighted by Gasteiger charge is -2.36. The highest BCUT2D eigenvalue weighted by Gasteiger charge is 2.33. The van der Waals surface area contributed by atoms with Crippen LogP contribution in [0.25, 0.3) is 0 Å². The number of ketones is 1. The summed E-state index contributed by atoms with van der Waals surface area (Å²) in [4.78, 5) is 43.2. The van der Waals surface area contributed by atoms with Gasteiger partial charge in [-0.05, 0) is 68.8 Å². The zero-order chi connectivity index (χ0) is 24.1. The number of hydrogen-bond acceptors (Lipinski definition) is 4. The van der Waals surface area contributed by atoms with Crippen molar-refractivity contribution in [3.63, 3.8) is 0 Å². The van der Waals surface area contributed by atoms with E-state index in [2.05, 4.69) is 16.3 Å². The van der Waals surface area contributed by atoms with E-state index in [1.807, 2.05) is 36.9 Å². The number of hydrogen-bond donors (Lipinski definition) is 1. The summed E-state index contributed by atoms with van der Waals surface area (Å²) in [7, 11) is 0. The summed E-state index contributed by atoms with van der Waals surface area (Å²) >= 11 is 0. The van der Waals surface area contributed by atoms with E-state index in [4.69, 9.17) is 0 Å². The number of amides is 2. The van der Waals surface area contributed by atoms with Crippen LogP contribution >= 0.6 is 0 Å². The lowest BCUT2D eigenvalue weighted by molar-refractivity contribution is -0.134. The van der Waals surface area contributed by atoms with Gasteiger partial charge in [0.05, 0.1) is 12.6 Å². The van der Waals surface area contributed by atoms with Crippen LogP contribution < -0.4 is 5.32 Å². The Labute approximate surface area is 204 Å². The molecule has 1 aliphatic carbocycles. The highest BCUT2D eigenvalue weighted by atomic mass is 16.2. The molecule has 3 aliphatic rings. The fourth-order valence-electron chi connectivity index (χ4n) is 5.71. The van der Waals surface area contributed by atoms with Crippen molar-refractivity contribution in [1.29, 1.82) is 0 Å². The zero-order valence-electron chi connectivity index (χ0n) is 20.9. The molecule has 34 heavy (non-hydrogen) atoms. The summed E-state index contributed by atoms with van der Waals surface area (Å²) in [5.41, 5.74) is 1.72. The smallest absolute Gasteiger partial charge is 0.251 e. The van der Waals surface area contributed by atoms with Crippen LogP contribution in [-0.4, -0.2) is 66.2 Å². The number of rotatable bonds is 8. The molecule has 0 radical (unpaired) electrons. The molecule has 6 nitrogen and oxygen atoms in total. The van der Waals surface area contributed by atoms with E-state index in [9.17, 15) is 14.4 Å². The molecule has 4 rings (SSSR count). The fraction of sp³-hybridized carbons (Fsp3) is 0.679. The lowest BCUT2D eigenvalue weighted by atomic mass is 9.80. The van der Waals surface area contributed by atoms with Crippen molar-refractivity contribution in [2.75, 3.05) is 32.7 Å². The molecule has 186 valence electrons. The normalized spacial score (nSPS) is 22.8. The third kappa shape index (κ3) is 6.07. The van der Waals surface area contributed by atoms with Crippen molar-refractivity contribution in [1.82, 2.24) is 15.1 Å². The number of piperidine rings is 1. The van der Waals surface area contributed by atoms with Gasteiger partial charge in [0.2, 0.25) is 5.91 Å². The summed E-state index contributed by atoms with van der Waals surface area (Å²) in [5.74, 6) is 0.586. The topological polar surface area (TPSA) is 69.7 Å². The van der Waals surface area contributed by atoms with Gasteiger partial charge in [-0.2, -0.15) is 0 Å². The van der Waals surface area contributed by atoms with E-state index in [-0.39, 0.29) is 35.4 Å². The first-order valence-electron chi connectivity index (χ1n) is 13.4. The van der Waals surface area contributed by atoms with Gasteiger partial charge in [0.25, 0.3) is 5.91 Å². The predicted octanol–water partition coefficient (Wildman–Crippen LogP) is 4.00. The summed E-state index contributed by atoms with van der Waals surface area (Å²) in [6, 6.07) is 7.42. The maximum atomic E-state index is 13.3. The van der Waals surface area contributed by atoms with Gasteiger partial charge in [-0.3, -0.25) is 19.3 Å². The summed E-state index contributed by atoms with van der Waals surface area (Å²) in [5, 5.41) is 3.12. The largest absolute Gasteiger partial charge is 0.342 e. The molecule has 1 N–H and O–H groups in total. The molecule has 3 fully saturated rings. The molecule has 6 heteroatoms. The number of nitrogens with zero attached hydrogens (tertiary/aromatic N) is 2. The Hall–Kier alpha value is -2.21. The van der Waals surface area contributed by atoms with Crippen LogP contribution in [-0.2, 0) is 9.59 Å². The van der Waals surface area contributed by atoms with Gasteiger partial charge in [-0.1, -0.05) is 45.2 Å². The molecule has 0 aromatic heterocycles. The molecule has 1 saturated carbocycles. The highest BCUT2D eigenvalue weighted by Crippen LogP contribution is 2.30. The first-order valence-corrected chi connectivity index (χ1v) is 13.4. The minimum absolute atomic E-state index is 0.0967. The number of benzene rings is 1. The molecule has 2 atom stereocenters. The number of carbonyl (C=O) groups is 3. The van der Waals surface area contributed by atoms with Crippen LogP contribution in [0.2, 0.25) is 0 Å². The maximum absolute atomic E-state index is 13.3. The van der Waals surface area contributed by atoms with E-state index >= 15 is 0 Å². The quantitative estimate of drug-likeness (QED) is 0.627. The molecule has 1 aromatic rings. The van der Waals surface area contributed by atoms with Crippen LogP contribution in [0, 0.1) is 11.8 Å². The Morgan fingerprint density at radius 1 is 0.971 bits per heavy atom. The van der Waals surface area contributed by atoms with Gasteiger partial charge in [0.15, 0.2) is 5.78 Å². The second-order valence-electron chi connectivity index (χ2n) is 10.8. The van der Waals surface area contributed by atoms with Crippen molar-refractivity contribution in [2.45, 2.75) is 77.2 Å². The van der Waals surface area contributed by atoms with Gasteiger partial charge >= 0.3 is 0 Å². The molecule has 0 spiro atoms. The molecule has 2 amide bonds. The van der Waals surface area contributed by atoms with Crippen LogP contribution in [0.3, 0.4) is 0 Å². The monoisotopic (exact) mass is 467 g/mol. The Kier molecular flexibility index (Phi) is 8.41. The van der Waals surface area contributed by atoms with Crippen LogP contribution in [0.4, 0.5) is 0 Å². The number of carbonyl (C=O) groups excluding carboxylic acids is 3. The van der Waals surface area contributed by atoms with Crippen molar-refractivity contribution >= 4 is 17.6 Å². The number of nitrogens with one attached hydrogen (secondary N) is 1. The summed E-state index contributed by atoms with van der Waals surface area (Å²) in [6.45, 7) is 7.97. The fourth-order valence-corrected chi connectivity index (χ4v) is 5.71. The third-order valence-electron chi connectivity index (χ3n) is 7.99. The Morgan fingerprint density at radius 2 is 1.74 bits per heavy atom. The first-order chi connectivity index (χ1) is 16.4. The van der Waals surface area contributed by atoms with E-state index < -0.39 is 6.04 Å². The van der Waals surface area contributed by atoms with Gasteiger partial charge in [0, 0.05) is 30.5 Å². The van der Waals surface area contributed by atoms with Crippen LogP contribution in [0.15, 0.2) is 24.3 Å². The van der Waals surface area contributed by atoms with Crippen LogP contribution in [0.1, 0.15) is 87.1 Å². The highest BCUT2D eigenvalue weighted by molar-refractivity contribution is 5.98. The van der Waals surface area contributed by atoms with Crippen molar-refractivity contribution in [3.05, 3.63) is 35.4 Å². The average molecular weight is 468 g/mol. The second-order valence-corrected chi connectivity index (χ2v) is 10.8.